The fourth-order valence-electron chi connectivity index (χ4n) is 3.48. The average molecular weight is 490 g/mol. The third kappa shape index (κ3) is 5.88. The minimum Gasteiger partial charge on any atom is -1.00 e. The first-order valence-corrected chi connectivity index (χ1v) is 10.6. The van der Waals surface area contributed by atoms with Gasteiger partial charge in [0.2, 0.25) is 0 Å². The van der Waals surface area contributed by atoms with Crippen molar-refractivity contribution in [2.24, 2.45) is 5.41 Å². The first kappa shape index (κ1) is 25.3. The second kappa shape index (κ2) is 10.3. The van der Waals surface area contributed by atoms with Gasteiger partial charge < -0.3 is 24.8 Å². The number of halogens is 2. The molecule has 0 spiro atoms. The SMILES string of the molecule is CC(C)(C)C1=CCC(c2[c-]c3c(cc2)-c2ccccc2C3)=C1.C[C](C)=[Zr+2].[Cl-].[Cl-]. The Kier molecular flexibility index (Phi) is 9.33. The Morgan fingerprint density at radius 3 is 2.21 bits per heavy atom. The first-order chi connectivity index (χ1) is 12.3. The zero-order chi connectivity index (χ0) is 18.9. The van der Waals surface area contributed by atoms with Crippen LogP contribution in [0.25, 0.3) is 16.7 Å². The van der Waals surface area contributed by atoms with Gasteiger partial charge in [0.05, 0.1) is 0 Å². The van der Waals surface area contributed by atoms with E-state index >= 15 is 0 Å². The number of hydrogen-bond donors (Lipinski definition) is 0. The summed E-state index contributed by atoms with van der Waals surface area (Å²) in [6, 6.07) is 16.9. The quantitative estimate of drug-likeness (QED) is 0.439. The van der Waals surface area contributed by atoms with Gasteiger partial charge in [-0.25, -0.2) is 0 Å². The summed E-state index contributed by atoms with van der Waals surface area (Å²) in [4.78, 5) is 0. The van der Waals surface area contributed by atoms with Crippen LogP contribution in [0.1, 0.15) is 57.7 Å². The Labute approximate surface area is 197 Å². The molecule has 0 amide bonds. The molecule has 0 unspecified atom stereocenters. The molecule has 2 aliphatic rings. The monoisotopic (exact) mass is 487 g/mol. The molecule has 2 aromatic rings. The number of allylic oxidation sites excluding steroid dienone is 4. The van der Waals surface area contributed by atoms with Crippen molar-refractivity contribution in [3.63, 3.8) is 0 Å². The van der Waals surface area contributed by atoms with E-state index in [1.165, 1.54) is 42.2 Å². The second-order valence-electron chi connectivity index (χ2n) is 8.38. The van der Waals surface area contributed by atoms with Gasteiger partial charge in [-0.05, 0) is 23.8 Å². The Balaban J connectivity index is 0.000000601. The molecule has 0 saturated carbocycles. The Bertz CT molecular complexity index is 910. The van der Waals surface area contributed by atoms with Crippen molar-refractivity contribution in [2.45, 2.75) is 47.5 Å². The predicted molar refractivity (Wildman–Crippen MR) is 110 cm³/mol. The molecular weight excluding hydrogens is 462 g/mol. The van der Waals surface area contributed by atoms with Crippen LogP contribution in [0, 0.1) is 11.5 Å². The maximum absolute atomic E-state index is 3.68. The molecule has 0 saturated heterocycles. The molecule has 3 heteroatoms. The third-order valence-corrected chi connectivity index (χ3v) is 4.79. The van der Waals surface area contributed by atoms with E-state index in [9.17, 15) is 0 Å². The summed E-state index contributed by atoms with van der Waals surface area (Å²) in [6.45, 7) is 11.1. The van der Waals surface area contributed by atoms with E-state index < -0.39 is 0 Å². The van der Waals surface area contributed by atoms with Crippen molar-refractivity contribution >= 4 is 8.78 Å². The Morgan fingerprint density at radius 2 is 1.61 bits per heavy atom. The zero-order valence-electron chi connectivity index (χ0n) is 17.3. The standard InChI is InChI=1S/C22H21.C3H6.2ClH.Zr/c1-22(2,3)19-10-8-16(14-19)15-9-11-21-18(12-15)13-17-6-4-5-7-20(17)21;1-3-2;;;/h4-7,9-11,14H,8,13H2,1-3H3;1-2H3;2*1H;/q-1;;;;+2/p-2. The van der Waals surface area contributed by atoms with Gasteiger partial charge in [-0.15, -0.1) is 34.9 Å². The molecule has 4 rings (SSSR count). The Hall–Kier alpha value is -0.747. The van der Waals surface area contributed by atoms with Crippen LogP contribution in [0.5, 0.6) is 0 Å². The molecule has 2 aliphatic carbocycles. The van der Waals surface area contributed by atoms with Crippen LogP contribution in [0.3, 0.4) is 0 Å². The van der Waals surface area contributed by atoms with E-state index in [4.69, 9.17) is 0 Å². The van der Waals surface area contributed by atoms with Crippen molar-refractivity contribution in [2.75, 3.05) is 0 Å². The molecule has 0 nitrogen and oxygen atoms in total. The van der Waals surface area contributed by atoms with E-state index in [1.54, 1.807) is 24.2 Å². The topological polar surface area (TPSA) is 0 Å². The van der Waals surface area contributed by atoms with Crippen LogP contribution in [0.4, 0.5) is 0 Å². The molecule has 146 valence electrons. The van der Waals surface area contributed by atoms with Gasteiger partial charge in [-0.3, -0.25) is 0 Å². The van der Waals surface area contributed by atoms with Gasteiger partial charge in [-0.1, -0.05) is 73.9 Å². The van der Waals surface area contributed by atoms with E-state index in [-0.39, 0.29) is 30.2 Å². The largest absolute Gasteiger partial charge is 1.00 e. The Morgan fingerprint density at radius 1 is 0.964 bits per heavy atom. The third-order valence-electron chi connectivity index (χ3n) is 4.79. The number of rotatable bonds is 1. The molecule has 0 bridgehead atoms. The number of benzene rings is 2. The first-order valence-electron chi connectivity index (χ1n) is 9.32. The summed E-state index contributed by atoms with van der Waals surface area (Å²) < 4.78 is 1.51. The van der Waals surface area contributed by atoms with Crippen LogP contribution in [-0.2, 0) is 30.7 Å². The molecular formula is C25H27Cl2Zr-. The second-order valence-corrected chi connectivity index (χ2v) is 10.8. The van der Waals surface area contributed by atoms with Gasteiger partial charge >= 0.3 is 41.3 Å². The van der Waals surface area contributed by atoms with E-state index in [0.717, 1.165) is 12.8 Å². The minimum atomic E-state index is 0. The summed E-state index contributed by atoms with van der Waals surface area (Å²) in [7, 11) is 0. The molecule has 0 radical (unpaired) electrons. The normalized spacial score (nSPS) is 13.7. The van der Waals surface area contributed by atoms with Gasteiger partial charge in [-0.2, -0.15) is 0 Å². The molecule has 0 N–H and O–H groups in total. The van der Waals surface area contributed by atoms with Gasteiger partial charge in [0.1, 0.15) is 0 Å². The van der Waals surface area contributed by atoms with Crippen LogP contribution in [0.15, 0.2) is 54.1 Å². The van der Waals surface area contributed by atoms with Crippen LogP contribution in [0.2, 0.25) is 0 Å². The molecule has 28 heavy (non-hydrogen) atoms. The average Bonchev–Trinajstić information content (AvgIpc) is 3.18. The van der Waals surface area contributed by atoms with Gasteiger partial charge in [0, 0.05) is 0 Å². The van der Waals surface area contributed by atoms with Crippen molar-refractivity contribution in [3.05, 3.63) is 76.9 Å². The van der Waals surface area contributed by atoms with Gasteiger partial charge in [0.25, 0.3) is 0 Å². The number of hydrogen-bond acceptors (Lipinski definition) is 0. The molecule has 0 atom stereocenters. The molecule has 0 aromatic heterocycles. The number of fused-ring (bicyclic) bond motifs is 3. The maximum Gasteiger partial charge on any atom is -1.00 e. The fourth-order valence-corrected chi connectivity index (χ4v) is 3.48. The van der Waals surface area contributed by atoms with Crippen LogP contribution in [-0.4, -0.2) is 3.21 Å². The zero-order valence-corrected chi connectivity index (χ0v) is 21.3. The summed E-state index contributed by atoms with van der Waals surface area (Å²) in [6.07, 6.45) is 6.78. The summed E-state index contributed by atoms with van der Waals surface area (Å²) in [5.41, 5.74) is 9.87. The van der Waals surface area contributed by atoms with Crippen molar-refractivity contribution in [1.82, 2.24) is 0 Å². The van der Waals surface area contributed by atoms with E-state index in [2.05, 4.69) is 89.2 Å². The van der Waals surface area contributed by atoms with Crippen molar-refractivity contribution in [1.29, 1.82) is 0 Å². The predicted octanol–water partition coefficient (Wildman–Crippen LogP) is 0.571. The van der Waals surface area contributed by atoms with Crippen molar-refractivity contribution < 1.29 is 49.0 Å². The fraction of sp³-hybridized carbons (Fsp3) is 0.320. The van der Waals surface area contributed by atoms with Crippen molar-refractivity contribution in [3.8, 4) is 11.1 Å². The molecule has 0 heterocycles. The summed E-state index contributed by atoms with van der Waals surface area (Å²) >= 11 is 1.55. The van der Waals surface area contributed by atoms with E-state index in [1.807, 2.05) is 0 Å². The van der Waals surface area contributed by atoms with Gasteiger partial charge in [0.15, 0.2) is 0 Å². The summed E-state index contributed by atoms with van der Waals surface area (Å²) in [5.74, 6) is 0. The molecule has 2 aromatic carbocycles. The summed E-state index contributed by atoms with van der Waals surface area (Å²) in [5, 5.41) is 0. The van der Waals surface area contributed by atoms with E-state index in [0.29, 0.717) is 0 Å². The molecule has 0 fully saturated rings. The maximum atomic E-state index is 3.68. The van der Waals surface area contributed by atoms with Crippen LogP contribution < -0.4 is 24.8 Å². The van der Waals surface area contributed by atoms with Crippen LogP contribution >= 0.6 is 0 Å². The minimum absolute atomic E-state index is 0. The smallest absolute Gasteiger partial charge is 1.00 e. The molecule has 0 aliphatic heterocycles.